The molecule has 2 heterocycles. The number of aromatic nitrogens is 2. The Labute approximate surface area is 161 Å². The van der Waals surface area contributed by atoms with E-state index < -0.39 is 11.6 Å². The third kappa shape index (κ3) is 3.89. The SMILES string of the molecule is CC[C@H](CO)CC(=O)c1c(C)nc2c(OCc3c(F)cccc3F)cccn12. The zero-order valence-corrected chi connectivity index (χ0v) is 15.8. The smallest absolute Gasteiger partial charge is 0.181 e. The van der Waals surface area contributed by atoms with Crippen molar-refractivity contribution in [1.29, 1.82) is 0 Å². The predicted molar refractivity (Wildman–Crippen MR) is 100 cm³/mol. The van der Waals surface area contributed by atoms with Crippen molar-refractivity contribution in [3.05, 3.63) is 65.1 Å². The van der Waals surface area contributed by atoms with Crippen LogP contribution in [0.1, 0.15) is 41.5 Å². The third-order valence-corrected chi connectivity index (χ3v) is 4.80. The van der Waals surface area contributed by atoms with E-state index in [0.29, 0.717) is 29.2 Å². The van der Waals surface area contributed by atoms with E-state index in [1.54, 1.807) is 29.7 Å². The quantitative estimate of drug-likeness (QED) is 0.591. The summed E-state index contributed by atoms with van der Waals surface area (Å²) >= 11 is 0. The minimum Gasteiger partial charge on any atom is -0.485 e. The molecule has 0 fully saturated rings. The van der Waals surface area contributed by atoms with Gasteiger partial charge in [-0.2, -0.15) is 0 Å². The molecule has 148 valence electrons. The number of carbonyl (C=O) groups excluding carboxylic acids is 1. The highest BCUT2D eigenvalue weighted by Crippen LogP contribution is 2.25. The number of hydrogen-bond acceptors (Lipinski definition) is 4. The van der Waals surface area contributed by atoms with E-state index in [0.717, 1.165) is 0 Å². The number of ketones is 1. The van der Waals surface area contributed by atoms with Crippen molar-refractivity contribution >= 4 is 11.4 Å². The molecule has 2 aromatic heterocycles. The van der Waals surface area contributed by atoms with Crippen LogP contribution >= 0.6 is 0 Å². The van der Waals surface area contributed by atoms with Crippen LogP contribution in [-0.4, -0.2) is 26.9 Å². The van der Waals surface area contributed by atoms with Crippen LogP contribution in [0.4, 0.5) is 8.78 Å². The first-order valence-corrected chi connectivity index (χ1v) is 9.13. The summed E-state index contributed by atoms with van der Waals surface area (Å²) in [5, 5.41) is 9.37. The number of Topliss-reactive ketones (excluding diaryl/α,β-unsaturated/α-hetero) is 1. The number of fused-ring (bicyclic) bond motifs is 1. The van der Waals surface area contributed by atoms with Crippen molar-refractivity contribution in [2.75, 3.05) is 6.61 Å². The van der Waals surface area contributed by atoms with Crippen LogP contribution in [-0.2, 0) is 6.61 Å². The molecule has 0 saturated heterocycles. The Kier molecular flexibility index (Phi) is 6.04. The summed E-state index contributed by atoms with van der Waals surface area (Å²) in [4.78, 5) is 17.2. The van der Waals surface area contributed by atoms with E-state index in [4.69, 9.17) is 4.74 Å². The summed E-state index contributed by atoms with van der Waals surface area (Å²) in [6.45, 7) is 3.29. The van der Waals surface area contributed by atoms with Crippen molar-refractivity contribution in [3.63, 3.8) is 0 Å². The molecule has 5 nitrogen and oxygen atoms in total. The molecule has 1 aromatic carbocycles. The molecule has 0 aliphatic rings. The molecule has 0 amide bonds. The molecule has 0 saturated carbocycles. The summed E-state index contributed by atoms with van der Waals surface area (Å²) in [5.74, 6) is -1.28. The average molecular weight is 388 g/mol. The van der Waals surface area contributed by atoms with Crippen molar-refractivity contribution in [3.8, 4) is 5.75 Å². The molecule has 3 aromatic rings. The highest BCUT2D eigenvalue weighted by atomic mass is 19.1. The number of aryl methyl sites for hydroxylation is 1. The summed E-state index contributed by atoms with van der Waals surface area (Å²) in [5.41, 5.74) is 1.19. The van der Waals surface area contributed by atoms with Crippen LogP contribution in [0.3, 0.4) is 0 Å². The van der Waals surface area contributed by atoms with Crippen molar-refractivity contribution < 1.29 is 23.4 Å². The number of ether oxygens (including phenoxy) is 1. The van der Waals surface area contributed by atoms with Gasteiger partial charge in [-0.05, 0) is 37.1 Å². The first kappa shape index (κ1) is 19.9. The van der Waals surface area contributed by atoms with Crippen LogP contribution in [0.25, 0.3) is 5.65 Å². The lowest BCUT2D eigenvalue weighted by Crippen LogP contribution is -2.14. The maximum Gasteiger partial charge on any atom is 0.181 e. The zero-order chi connectivity index (χ0) is 20.3. The van der Waals surface area contributed by atoms with Crippen LogP contribution < -0.4 is 4.74 Å². The van der Waals surface area contributed by atoms with E-state index in [-0.39, 0.29) is 36.9 Å². The zero-order valence-electron chi connectivity index (χ0n) is 15.8. The largest absolute Gasteiger partial charge is 0.485 e. The Morgan fingerprint density at radius 3 is 2.61 bits per heavy atom. The number of halogens is 2. The fourth-order valence-corrected chi connectivity index (χ4v) is 3.12. The van der Waals surface area contributed by atoms with E-state index in [1.807, 2.05) is 6.92 Å². The van der Waals surface area contributed by atoms with Crippen LogP contribution in [0.2, 0.25) is 0 Å². The lowest BCUT2D eigenvalue weighted by atomic mass is 9.99. The van der Waals surface area contributed by atoms with Gasteiger partial charge in [0.25, 0.3) is 0 Å². The van der Waals surface area contributed by atoms with Gasteiger partial charge in [0.05, 0.1) is 11.3 Å². The lowest BCUT2D eigenvalue weighted by molar-refractivity contribution is 0.0927. The monoisotopic (exact) mass is 388 g/mol. The topological polar surface area (TPSA) is 63.8 Å². The highest BCUT2D eigenvalue weighted by molar-refractivity contribution is 5.96. The van der Waals surface area contributed by atoms with Gasteiger partial charge in [0.15, 0.2) is 17.2 Å². The Morgan fingerprint density at radius 1 is 1.25 bits per heavy atom. The van der Waals surface area contributed by atoms with Crippen molar-refractivity contribution in [2.24, 2.45) is 5.92 Å². The van der Waals surface area contributed by atoms with Gasteiger partial charge >= 0.3 is 0 Å². The fourth-order valence-electron chi connectivity index (χ4n) is 3.12. The normalized spacial score (nSPS) is 12.3. The molecule has 0 bridgehead atoms. The molecular weight excluding hydrogens is 366 g/mol. The summed E-state index contributed by atoms with van der Waals surface area (Å²) < 4.78 is 34.9. The van der Waals surface area contributed by atoms with Gasteiger partial charge in [-0.3, -0.25) is 9.20 Å². The average Bonchev–Trinajstić information content (AvgIpc) is 3.02. The number of benzene rings is 1. The molecule has 0 unspecified atom stereocenters. The van der Waals surface area contributed by atoms with E-state index in [9.17, 15) is 18.7 Å². The summed E-state index contributed by atoms with van der Waals surface area (Å²) in [6, 6.07) is 6.95. The van der Waals surface area contributed by atoms with Gasteiger partial charge in [-0.25, -0.2) is 13.8 Å². The minimum absolute atomic E-state index is 0.0550. The highest BCUT2D eigenvalue weighted by Gasteiger charge is 2.21. The van der Waals surface area contributed by atoms with Crippen molar-refractivity contribution in [1.82, 2.24) is 9.38 Å². The van der Waals surface area contributed by atoms with E-state index in [2.05, 4.69) is 4.98 Å². The molecule has 1 N–H and O–H groups in total. The second kappa shape index (κ2) is 8.48. The predicted octanol–water partition coefficient (Wildman–Crippen LogP) is 4.09. The Morgan fingerprint density at radius 2 is 1.96 bits per heavy atom. The Hall–Kier alpha value is -2.80. The van der Waals surface area contributed by atoms with E-state index >= 15 is 0 Å². The summed E-state index contributed by atoms with van der Waals surface area (Å²) in [7, 11) is 0. The maximum atomic E-state index is 13.8. The van der Waals surface area contributed by atoms with Gasteiger partial charge in [0, 0.05) is 19.2 Å². The maximum absolute atomic E-state index is 13.8. The van der Waals surface area contributed by atoms with Gasteiger partial charge in [-0.15, -0.1) is 0 Å². The molecule has 28 heavy (non-hydrogen) atoms. The van der Waals surface area contributed by atoms with E-state index in [1.165, 1.54) is 18.2 Å². The summed E-state index contributed by atoms with van der Waals surface area (Å²) in [6.07, 6.45) is 2.60. The third-order valence-electron chi connectivity index (χ3n) is 4.80. The second-order valence-corrected chi connectivity index (χ2v) is 6.68. The molecule has 7 heteroatoms. The number of aliphatic hydroxyl groups is 1. The number of hydrogen-bond donors (Lipinski definition) is 1. The molecule has 0 aliphatic carbocycles. The van der Waals surface area contributed by atoms with Crippen LogP contribution in [0.15, 0.2) is 36.5 Å². The second-order valence-electron chi connectivity index (χ2n) is 6.68. The van der Waals surface area contributed by atoms with Gasteiger partial charge < -0.3 is 9.84 Å². The number of aliphatic hydroxyl groups excluding tert-OH is 1. The van der Waals surface area contributed by atoms with Crippen molar-refractivity contribution in [2.45, 2.75) is 33.3 Å². The minimum atomic E-state index is -0.683. The van der Waals surface area contributed by atoms with Gasteiger partial charge in [0.2, 0.25) is 0 Å². The van der Waals surface area contributed by atoms with Crippen LogP contribution in [0.5, 0.6) is 5.75 Å². The molecule has 3 rings (SSSR count). The standard InChI is InChI=1S/C21H22F2N2O3/c1-3-14(11-26)10-18(27)20-13(2)24-21-19(8-5-9-25(20)21)28-12-15-16(22)6-4-7-17(15)23/h4-9,14,26H,3,10-12H2,1-2H3/t14-/m0/s1. The molecule has 0 spiro atoms. The van der Waals surface area contributed by atoms with Gasteiger partial charge in [0.1, 0.15) is 23.9 Å². The Balaban J connectivity index is 1.91. The molecular formula is C21H22F2N2O3. The number of pyridine rings is 1. The number of rotatable bonds is 8. The fraction of sp³-hybridized carbons (Fsp3) is 0.333. The Bertz CT molecular complexity index is 976. The first-order valence-electron chi connectivity index (χ1n) is 9.13. The molecule has 0 aliphatic heterocycles. The molecule has 1 atom stereocenters. The van der Waals surface area contributed by atoms with Gasteiger partial charge in [-0.1, -0.05) is 19.4 Å². The number of imidazole rings is 1. The lowest BCUT2D eigenvalue weighted by Gasteiger charge is -2.11. The number of carbonyl (C=O) groups is 1. The van der Waals surface area contributed by atoms with Crippen LogP contribution in [0, 0.1) is 24.5 Å². The molecule has 0 radical (unpaired) electrons. The number of nitrogens with zero attached hydrogens (tertiary/aromatic N) is 2. The first-order chi connectivity index (χ1) is 13.5.